The van der Waals surface area contributed by atoms with Crippen molar-refractivity contribution in [1.82, 2.24) is 10.6 Å². The molecule has 11 nitrogen and oxygen atoms in total. The van der Waals surface area contributed by atoms with Crippen LogP contribution in [0.1, 0.15) is 35.1 Å². The van der Waals surface area contributed by atoms with Gasteiger partial charge in [-0.1, -0.05) is 121 Å². The van der Waals surface area contributed by atoms with Gasteiger partial charge in [0, 0.05) is 25.7 Å². The van der Waals surface area contributed by atoms with E-state index < -0.39 is 55.0 Å². The Kier molecular flexibility index (Phi) is 17.1. The molecule has 2 amide bonds. The van der Waals surface area contributed by atoms with Gasteiger partial charge in [-0.25, -0.2) is 28.0 Å². The number of amides is 2. The molecule has 2 atom stereocenters. The van der Waals surface area contributed by atoms with Gasteiger partial charge in [-0.05, 0) is 22.3 Å². The number of esters is 2. The average molecular weight is 733 g/mol. The number of alkyl carbamates (subject to hydrolysis) is 2. The zero-order chi connectivity index (χ0) is 38.5. The van der Waals surface area contributed by atoms with Crippen LogP contribution in [-0.4, -0.2) is 62.1 Å². The maximum absolute atomic E-state index is 14.4. The quantitative estimate of drug-likeness (QED) is 0.0990. The molecule has 0 unspecified atom stereocenters. The number of rotatable bonds is 16. The van der Waals surface area contributed by atoms with E-state index in [0.717, 1.165) is 23.8 Å². The van der Waals surface area contributed by atoms with Gasteiger partial charge in [-0.15, -0.1) is 0 Å². The minimum Gasteiger partial charge on any atom is -0.467 e. The van der Waals surface area contributed by atoms with Crippen molar-refractivity contribution in [2.24, 2.45) is 0 Å². The molecular formula is C40H42F2N2O9. The molecular weight excluding hydrogens is 690 g/mol. The van der Waals surface area contributed by atoms with Crippen molar-refractivity contribution < 1.29 is 51.7 Å². The van der Waals surface area contributed by atoms with E-state index >= 15 is 0 Å². The van der Waals surface area contributed by atoms with Crippen LogP contribution in [0.3, 0.4) is 0 Å². The number of ether oxygens (including phenoxy) is 4. The molecule has 13 heteroatoms. The summed E-state index contributed by atoms with van der Waals surface area (Å²) in [6.07, 6.45) is -3.18. The molecule has 53 heavy (non-hydrogen) atoms. The van der Waals surface area contributed by atoms with Crippen molar-refractivity contribution in [1.29, 1.82) is 0 Å². The second-order valence-corrected chi connectivity index (χ2v) is 11.7. The van der Waals surface area contributed by atoms with E-state index in [1.807, 2.05) is 66.7 Å². The predicted octanol–water partition coefficient (Wildman–Crippen LogP) is 6.38. The van der Waals surface area contributed by atoms with E-state index in [4.69, 9.17) is 9.47 Å². The third kappa shape index (κ3) is 16.2. The fourth-order valence-electron chi connectivity index (χ4n) is 4.87. The van der Waals surface area contributed by atoms with Gasteiger partial charge in [-0.2, -0.15) is 0 Å². The Morgan fingerprint density at radius 1 is 0.566 bits per heavy atom. The number of carbonyl (C=O) groups is 5. The Labute approximate surface area is 306 Å². The molecule has 0 saturated carbocycles. The molecule has 0 aliphatic rings. The largest absolute Gasteiger partial charge is 0.467 e. The van der Waals surface area contributed by atoms with Gasteiger partial charge in [0.2, 0.25) is 0 Å². The fourth-order valence-corrected chi connectivity index (χ4v) is 4.87. The molecule has 0 aliphatic heterocycles. The Bertz CT molecular complexity index is 1730. The molecule has 280 valence electrons. The van der Waals surface area contributed by atoms with Crippen LogP contribution in [0.5, 0.6) is 0 Å². The molecule has 2 N–H and O–H groups in total. The molecule has 0 bridgehead atoms. The lowest BCUT2D eigenvalue weighted by Gasteiger charge is -2.22. The fraction of sp³-hybridized carbons (Fsp3) is 0.275. The maximum Gasteiger partial charge on any atom is 0.408 e. The number of alkyl halides is 2. The Hall–Kier alpha value is -6.11. The molecule has 0 heterocycles. The molecule has 0 saturated heterocycles. The van der Waals surface area contributed by atoms with Gasteiger partial charge in [0.25, 0.3) is 5.92 Å². The third-order valence-corrected chi connectivity index (χ3v) is 7.47. The third-order valence-electron chi connectivity index (χ3n) is 7.47. The minimum atomic E-state index is -3.22. The number of ketones is 1. The Balaban J connectivity index is 0.000000286. The average Bonchev–Trinajstić information content (AvgIpc) is 3.16. The highest BCUT2D eigenvalue weighted by Crippen LogP contribution is 2.26. The number of methoxy groups -OCH3 is 2. The van der Waals surface area contributed by atoms with Gasteiger partial charge in [0.05, 0.1) is 14.2 Å². The summed E-state index contributed by atoms with van der Waals surface area (Å²) in [6, 6.07) is 32.8. The number of benzene rings is 4. The molecule has 0 fully saturated rings. The van der Waals surface area contributed by atoms with Crippen LogP contribution in [0.25, 0.3) is 0 Å². The molecule has 4 rings (SSSR count). The molecule has 4 aromatic rings. The molecule has 0 radical (unpaired) electrons. The van der Waals surface area contributed by atoms with Crippen molar-refractivity contribution in [2.45, 2.75) is 56.9 Å². The first-order valence-corrected chi connectivity index (χ1v) is 16.6. The second kappa shape index (κ2) is 22.0. The van der Waals surface area contributed by atoms with Crippen LogP contribution >= 0.6 is 0 Å². The lowest BCUT2D eigenvalue weighted by atomic mass is 10.0. The number of nitrogens with one attached hydrogen (secondary N) is 2. The smallest absolute Gasteiger partial charge is 0.408 e. The summed E-state index contributed by atoms with van der Waals surface area (Å²) in [5, 5.41) is 4.56. The second-order valence-electron chi connectivity index (χ2n) is 11.7. The number of hydrogen-bond donors (Lipinski definition) is 2. The van der Waals surface area contributed by atoms with E-state index in [2.05, 4.69) is 20.1 Å². The first-order chi connectivity index (χ1) is 25.5. The summed E-state index contributed by atoms with van der Waals surface area (Å²) in [5.74, 6) is -5.05. The Morgan fingerprint density at radius 3 is 1.38 bits per heavy atom. The van der Waals surface area contributed by atoms with Crippen molar-refractivity contribution >= 4 is 29.9 Å². The maximum atomic E-state index is 14.4. The van der Waals surface area contributed by atoms with E-state index in [9.17, 15) is 32.8 Å². The van der Waals surface area contributed by atoms with Crippen molar-refractivity contribution in [3.8, 4) is 0 Å². The van der Waals surface area contributed by atoms with E-state index in [-0.39, 0.29) is 31.8 Å². The first-order valence-electron chi connectivity index (χ1n) is 16.6. The van der Waals surface area contributed by atoms with E-state index in [1.165, 1.54) is 7.11 Å². The summed E-state index contributed by atoms with van der Waals surface area (Å²) in [7, 11) is 2.27. The summed E-state index contributed by atoms with van der Waals surface area (Å²) in [5.41, 5.74) is 2.82. The topological polar surface area (TPSA) is 146 Å². The number of halogens is 2. The zero-order valence-corrected chi connectivity index (χ0v) is 29.4. The minimum absolute atomic E-state index is 0.0407. The van der Waals surface area contributed by atoms with Crippen LogP contribution in [0.15, 0.2) is 121 Å². The van der Waals surface area contributed by atoms with E-state index in [0.29, 0.717) is 5.56 Å². The van der Waals surface area contributed by atoms with Gasteiger partial charge in [0.15, 0.2) is 0 Å². The standard InChI is InChI=1S/C20H21F2NO4.C20H21NO5/c1-26-18(24)17(13-20(21,22)12-15-8-4-2-5-9-15)23-19(25)27-14-16-10-6-3-7-11-16;1-25-19(23)18(13-17(22)12-15-8-4-2-5-9-15)21-20(24)26-14-16-10-6-3-7-11-16/h2-11,17H,12-14H2,1H3,(H,23,25);2-11,18H,12-14H2,1H3,(H,21,24)/t17-;18-/m00/s1. The van der Waals surface area contributed by atoms with Gasteiger partial charge >= 0.3 is 24.1 Å². The summed E-state index contributed by atoms with van der Waals surface area (Å²) >= 11 is 0. The number of hydrogen-bond acceptors (Lipinski definition) is 9. The molecule has 0 spiro atoms. The van der Waals surface area contributed by atoms with Crippen LogP contribution in [0.4, 0.5) is 18.4 Å². The first kappa shape index (κ1) is 41.3. The summed E-state index contributed by atoms with van der Waals surface area (Å²) in [4.78, 5) is 59.7. The van der Waals surface area contributed by atoms with Crippen LogP contribution in [0, 0.1) is 0 Å². The number of carbonyl (C=O) groups excluding carboxylic acids is 5. The number of Topliss-reactive ketones (excluding diaryl/α,β-unsaturated/α-hetero) is 1. The highest BCUT2D eigenvalue weighted by atomic mass is 19.3. The molecule has 0 aromatic heterocycles. The van der Waals surface area contributed by atoms with Gasteiger partial charge in [0.1, 0.15) is 31.1 Å². The van der Waals surface area contributed by atoms with Crippen molar-refractivity contribution in [3.05, 3.63) is 144 Å². The zero-order valence-electron chi connectivity index (χ0n) is 29.4. The lowest BCUT2D eigenvalue weighted by molar-refractivity contribution is -0.146. The normalized spacial score (nSPS) is 11.7. The lowest BCUT2D eigenvalue weighted by Crippen LogP contribution is -2.45. The molecule has 0 aliphatic carbocycles. The SMILES string of the molecule is COC(=O)[C@H](CC(=O)Cc1ccccc1)NC(=O)OCc1ccccc1.COC(=O)[C@H](CC(F)(F)Cc1ccccc1)NC(=O)OCc1ccccc1. The summed E-state index contributed by atoms with van der Waals surface area (Å²) < 4.78 is 48.0. The monoisotopic (exact) mass is 732 g/mol. The van der Waals surface area contributed by atoms with Crippen LogP contribution in [-0.2, 0) is 59.4 Å². The van der Waals surface area contributed by atoms with Crippen LogP contribution < -0.4 is 10.6 Å². The van der Waals surface area contributed by atoms with Gasteiger partial charge < -0.3 is 29.6 Å². The summed E-state index contributed by atoms with van der Waals surface area (Å²) in [6.45, 7) is 0.0273. The predicted molar refractivity (Wildman–Crippen MR) is 191 cm³/mol. The van der Waals surface area contributed by atoms with Crippen molar-refractivity contribution in [3.63, 3.8) is 0 Å². The van der Waals surface area contributed by atoms with E-state index in [1.54, 1.807) is 54.6 Å². The van der Waals surface area contributed by atoms with Crippen LogP contribution in [0.2, 0.25) is 0 Å². The molecule has 4 aromatic carbocycles. The highest BCUT2D eigenvalue weighted by molar-refractivity contribution is 5.89. The van der Waals surface area contributed by atoms with Crippen molar-refractivity contribution in [2.75, 3.05) is 14.2 Å². The van der Waals surface area contributed by atoms with Gasteiger partial charge in [-0.3, -0.25) is 4.79 Å². The highest BCUT2D eigenvalue weighted by Gasteiger charge is 2.37. The Morgan fingerprint density at radius 2 is 0.943 bits per heavy atom.